The maximum atomic E-state index is 12.1. The Morgan fingerprint density at radius 1 is 1.15 bits per heavy atom. The van der Waals surface area contributed by atoms with Crippen LogP contribution < -0.4 is 10.0 Å². The summed E-state index contributed by atoms with van der Waals surface area (Å²) in [6, 6.07) is 7.45. The van der Waals surface area contributed by atoms with Crippen molar-refractivity contribution in [1.82, 2.24) is 5.32 Å². The first-order valence-corrected chi connectivity index (χ1v) is 7.87. The molecule has 0 fully saturated rings. The summed E-state index contributed by atoms with van der Waals surface area (Å²) in [5.41, 5.74) is 0.311. The topological polar surface area (TPSA) is 71.3 Å². The van der Waals surface area contributed by atoms with E-state index < -0.39 is 10.0 Å². The molecular weight excluding hydrogens is 323 g/mol. The lowest BCUT2D eigenvalue weighted by atomic mass is 10.3. The van der Waals surface area contributed by atoms with Gasteiger partial charge in [-0.1, -0.05) is 23.2 Å². The fourth-order valence-corrected chi connectivity index (χ4v) is 2.84. The maximum absolute atomic E-state index is 12.1. The molecule has 1 aromatic heterocycles. The number of furan rings is 1. The molecule has 0 aliphatic heterocycles. The van der Waals surface area contributed by atoms with Crippen molar-refractivity contribution in [3.8, 4) is 0 Å². The van der Waals surface area contributed by atoms with Gasteiger partial charge in [0.05, 0.1) is 22.3 Å². The van der Waals surface area contributed by atoms with E-state index in [1.807, 2.05) is 0 Å². The highest BCUT2D eigenvalue weighted by Gasteiger charge is 2.19. The van der Waals surface area contributed by atoms with Crippen LogP contribution in [-0.2, 0) is 16.6 Å². The van der Waals surface area contributed by atoms with Crippen LogP contribution in [0.2, 0.25) is 10.0 Å². The molecule has 0 spiro atoms. The summed E-state index contributed by atoms with van der Waals surface area (Å²) in [4.78, 5) is 0. The second-order valence-corrected chi connectivity index (χ2v) is 6.41. The average molecular weight is 335 g/mol. The van der Waals surface area contributed by atoms with Crippen LogP contribution in [0.1, 0.15) is 5.76 Å². The highest BCUT2D eigenvalue weighted by molar-refractivity contribution is 7.92. The normalized spacial score (nSPS) is 11.6. The first-order valence-electron chi connectivity index (χ1n) is 5.63. The first-order chi connectivity index (χ1) is 9.42. The Morgan fingerprint density at radius 2 is 1.90 bits per heavy atom. The van der Waals surface area contributed by atoms with E-state index in [1.165, 1.54) is 24.3 Å². The molecule has 8 heteroatoms. The van der Waals surface area contributed by atoms with Gasteiger partial charge in [0, 0.05) is 0 Å². The maximum Gasteiger partial charge on any atom is 0.295 e. The van der Waals surface area contributed by atoms with Crippen LogP contribution in [0, 0.1) is 0 Å². The molecule has 0 radical (unpaired) electrons. The molecule has 2 rings (SSSR count). The molecule has 20 heavy (non-hydrogen) atoms. The fourth-order valence-electron chi connectivity index (χ4n) is 1.54. The average Bonchev–Trinajstić information content (AvgIpc) is 2.83. The summed E-state index contributed by atoms with van der Waals surface area (Å²) in [6.45, 7) is 0.447. The van der Waals surface area contributed by atoms with Crippen molar-refractivity contribution in [2.24, 2.45) is 0 Å². The van der Waals surface area contributed by atoms with E-state index in [4.69, 9.17) is 27.6 Å². The minimum Gasteiger partial charge on any atom is -0.446 e. The van der Waals surface area contributed by atoms with Gasteiger partial charge in [-0.05, 0) is 37.4 Å². The molecular formula is C12H12Cl2N2O3S. The minimum absolute atomic E-state index is 0.158. The summed E-state index contributed by atoms with van der Waals surface area (Å²) in [6.07, 6.45) is 0. The molecule has 0 saturated carbocycles. The Morgan fingerprint density at radius 3 is 2.55 bits per heavy atom. The Kier molecular flexibility index (Phi) is 4.59. The smallest absolute Gasteiger partial charge is 0.295 e. The van der Waals surface area contributed by atoms with Crippen molar-refractivity contribution in [3.05, 3.63) is 46.1 Å². The van der Waals surface area contributed by atoms with Gasteiger partial charge in [0.2, 0.25) is 5.09 Å². The predicted octanol–water partition coefficient (Wildman–Crippen LogP) is 3.11. The van der Waals surface area contributed by atoms with Crippen LogP contribution in [0.3, 0.4) is 0 Å². The number of hydrogen-bond acceptors (Lipinski definition) is 4. The molecule has 1 aromatic carbocycles. The zero-order chi connectivity index (χ0) is 14.8. The quantitative estimate of drug-likeness (QED) is 0.881. The van der Waals surface area contributed by atoms with Gasteiger partial charge in [-0.3, -0.25) is 4.72 Å². The summed E-state index contributed by atoms with van der Waals surface area (Å²) < 4.78 is 31.8. The molecule has 1 heterocycles. The standard InChI is InChI=1S/C12H12Cl2N2O3S/c1-15-7-9-3-5-12(19-9)20(17,18)16-8-2-4-10(13)11(14)6-8/h2-6,15-16H,7H2,1H3. The lowest BCUT2D eigenvalue weighted by Crippen LogP contribution is -2.12. The van der Waals surface area contributed by atoms with Crippen LogP contribution in [0.5, 0.6) is 0 Å². The van der Waals surface area contributed by atoms with Crippen LogP contribution in [0.4, 0.5) is 5.69 Å². The van der Waals surface area contributed by atoms with Crippen molar-refractivity contribution in [2.45, 2.75) is 11.6 Å². The highest BCUT2D eigenvalue weighted by atomic mass is 35.5. The first kappa shape index (κ1) is 15.2. The van der Waals surface area contributed by atoms with Crippen LogP contribution in [-0.4, -0.2) is 15.5 Å². The zero-order valence-electron chi connectivity index (χ0n) is 10.5. The highest BCUT2D eigenvalue weighted by Crippen LogP contribution is 2.26. The molecule has 0 amide bonds. The van der Waals surface area contributed by atoms with E-state index in [9.17, 15) is 8.42 Å². The molecule has 0 aliphatic rings. The van der Waals surface area contributed by atoms with Crippen LogP contribution in [0.15, 0.2) is 39.8 Å². The Labute approximate surface area is 126 Å². The van der Waals surface area contributed by atoms with Gasteiger partial charge >= 0.3 is 0 Å². The second-order valence-electron chi connectivity index (χ2n) is 3.99. The van der Waals surface area contributed by atoms with Gasteiger partial charge in [0.25, 0.3) is 10.0 Å². The lowest BCUT2D eigenvalue weighted by molar-refractivity contribution is 0.408. The largest absolute Gasteiger partial charge is 0.446 e. The molecule has 0 atom stereocenters. The number of benzene rings is 1. The van der Waals surface area contributed by atoms with Crippen molar-refractivity contribution >= 4 is 38.9 Å². The van der Waals surface area contributed by atoms with E-state index in [0.29, 0.717) is 23.0 Å². The molecule has 0 saturated heterocycles. The second kappa shape index (κ2) is 6.05. The van der Waals surface area contributed by atoms with E-state index >= 15 is 0 Å². The number of sulfonamides is 1. The predicted molar refractivity (Wildman–Crippen MR) is 78.7 cm³/mol. The molecule has 0 unspecified atom stereocenters. The molecule has 5 nitrogen and oxygen atoms in total. The third kappa shape index (κ3) is 3.46. The van der Waals surface area contributed by atoms with Crippen LogP contribution in [0.25, 0.3) is 0 Å². The number of hydrogen-bond donors (Lipinski definition) is 2. The lowest BCUT2D eigenvalue weighted by Gasteiger charge is -2.06. The van der Waals surface area contributed by atoms with Gasteiger partial charge in [-0.15, -0.1) is 0 Å². The van der Waals surface area contributed by atoms with E-state index in [1.54, 1.807) is 13.1 Å². The Hall–Kier alpha value is -1.21. The number of halogens is 2. The van der Waals surface area contributed by atoms with Gasteiger partial charge in [-0.25, -0.2) is 0 Å². The summed E-state index contributed by atoms with van der Waals surface area (Å²) in [5.74, 6) is 0.530. The Balaban J connectivity index is 2.23. The number of anilines is 1. The van der Waals surface area contributed by atoms with Crippen molar-refractivity contribution in [3.63, 3.8) is 0 Å². The zero-order valence-corrected chi connectivity index (χ0v) is 12.8. The van der Waals surface area contributed by atoms with E-state index in [0.717, 1.165) is 0 Å². The molecule has 0 aliphatic carbocycles. The Bertz CT molecular complexity index is 713. The van der Waals surface area contributed by atoms with Gasteiger partial charge in [0.15, 0.2) is 0 Å². The minimum atomic E-state index is -3.79. The SMILES string of the molecule is CNCc1ccc(S(=O)(=O)Nc2ccc(Cl)c(Cl)c2)o1. The fraction of sp³-hybridized carbons (Fsp3) is 0.167. The third-order valence-electron chi connectivity index (χ3n) is 2.42. The molecule has 2 N–H and O–H groups in total. The van der Waals surface area contributed by atoms with Crippen molar-refractivity contribution in [2.75, 3.05) is 11.8 Å². The van der Waals surface area contributed by atoms with Crippen molar-refractivity contribution < 1.29 is 12.8 Å². The monoisotopic (exact) mass is 334 g/mol. The van der Waals surface area contributed by atoms with Crippen molar-refractivity contribution in [1.29, 1.82) is 0 Å². The van der Waals surface area contributed by atoms with Crippen LogP contribution >= 0.6 is 23.2 Å². The van der Waals surface area contributed by atoms with Gasteiger partial charge < -0.3 is 9.73 Å². The van der Waals surface area contributed by atoms with E-state index in [-0.39, 0.29) is 10.1 Å². The molecule has 108 valence electrons. The summed E-state index contributed by atoms with van der Waals surface area (Å²) in [5, 5.41) is 3.33. The van der Waals surface area contributed by atoms with E-state index in [2.05, 4.69) is 10.0 Å². The number of rotatable bonds is 5. The van der Waals surface area contributed by atoms with Gasteiger partial charge in [0.1, 0.15) is 5.76 Å². The third-order valence-corrected chi connectivity index (χ3v) is 4.42. The summed E-state index contributed by atoms with van der Waals surface area (Å²) >= 11 is 11.6. The number of nitrogens with one attached hydrogen (secondary N) is 2. The summed E-state index contributed by atoms with van der Waals surface area (Å²) in [7, 11) is -2.05. The molecule has 0 bridgehead atoms. The van der Waals surface area contributed by atoms with Gasteiger partial charge in [-0.2, -0.15) is 8.42 Å². The molecule has 2 aromatic rings.